The smallest absolute Gasteiger partial charge is 0.0247 e. The number of nitrogens with zero attached hydrogens (tertiary/aromatic N) is 1. The third kappa shape index (κ3) is 3.01. The van der Waals surface area contributed by atoms with Gasteiger partial charge in [-0.3, -0.25) is 0 Å². The van der Waals surface area contributed by atoms with Crippen molar-refractivity contribution < 1.29 is 0 Å². The molecule has 0 aliphatic rings. The summed E-state index contributed by atoms with van der Waals surface area (Å²) < 4.78 is 0. The van der Waals surface area contributed by atoms with Crippen molar-refractivity contribution in [2.24, 2.45) is 5.92 Å². The lowest BCUT2D eigenvalue weighted by atomic mass is 10.1. The summed E-state index contributed by atoms with van der Waals surface area (Å²) in [5.74, 6) is 0.881. The van der Waals surface area contributed by atoms with Crippen LogP contribution in [0.1, 0.15) is 20.3 Å². The third-order valence-electron chi connectivity index (χ3n) is 2.28. The summed E-state index contributed by atoms with van der Waals surface area (Å²) in [4.78, 5) is 2.33. The average molecular weight is 145 g/mol. The number of hydrogen-bond acceptors (Lipinski definition) is 1. The highest BCUT2D eigenvalue weighted by Gasteiger charge is 2.10. The molecule has 0 fully saturated rings. The molecule has 0 radical (unpaired) electrons. The molecule has 56 valence electrons. The van der Waals surface area contributed by atoms with Gasteiger partial charge < -0.3 is 4.90 Å². The van der Waals surface area contributed by atoms with Crippen LogP contribution in [0.3, 0.4) is 0 Å². The zero-order valence-electron chi connectivity index (χ0n) is 7.31. The van der Waals surface area contributed by atoms with Gasteiger partial charge in [0, 0.05) is 10.2 Å². The van der Waals surface area contributed by atoms with Crippen LogP contribution >= 0.6 is 0 Å². The highest BCUT2D eigenvalue weighted by molar-refractivity contribution is 6.11. The molecule has 0 aromatic rings. The van der Waals surface area contributed by atoms with Gasteiger partial charge in [0.2, 0.25) is 0 Å². The van der Waals surface area contributed by atoms with Crippen LogP contribution in [0.5, 0.6) is 0 Å². The molecule has 0 saturated heterocycles. The SMILES string of the molecule is CCC(C)C([SiH3])N(C)C. The Labute approximate surface area is 61.9 Å². The number of rotatable bonds is 3. The lowest BCUT2D eigenvalue weighted by molar-refractivity contribution is 0.293. The molecule has 1 nitrogen and oxygen atoms in total. The highest BCUT2D eigenvalue weighted by Crippen LogP contribution is 2.07. The van der Waals surface area contributed by atoms with Crippen molar-refractivity contribution in [2.45, 2.75) is 25.9 Å². The van der Waals surface area contributed by atoms with Gasteiger partial charge in [0.05, 0.1) is 0 Å². The molecule has 0 aromatic heterocycles. The van der Waals surface area contributed by atoms with Gasteiger partial charge in [0.25, 0.3) is 0 Å². The summed E-state index contributed by atoms with van der Waals surface area (Å²) in [6.45, 7) is 4.59. The molecule has 0 spiro atoms. The quantitative estimate of drug-likeness (QED) is 0.516. The lowest BCUT2D eigenvalue weighted by Crippen LogP contribution is -2.33. The Morgan fingerprint density at radius 1 is 1.44 bits per heavy atom. The molecule has 2 heteroatoms. The van der Waals surface area contributed by atoms with Crippen molar-refractivity contribution in [2.75, 3.05) is 14.1 Å². The van der Waals surface area contributed by atoms with E-state index in [4.69, 9.17) is 0 Å². The predicted octanol–water partition coefficient (Wildman–Crippen LogP) is 0.286. The van der Waals surface area contributed by atoms with E-state index in [-0.39, 0.29) is 0 Å². The fourth-order valence-corrected chi connectivity index (χ4v) is 1.32. The molecule has 0 rings (SSSR count). The maximum absolute atomic E-state index is 2.33. The monoisotopic (exact) mass is 145 g/mol. The van der Waals surface area contributed by atoms with E-state index >= 15 is 0 Å². The van der Waals surface area contributed by atoms with Crippen molar-refractivity contribution >= 4 is 10.2 Å². The lowest BCUT2D eigenvalue weighted by Gasteiger charge is -2.25. The zero-order valence-corrected chi connectivity index (χ0v) is 9.31. The third-order valence-corrected chi connectivity index (χ3v) is 4.45. The first-order valence-corrected chi connectivity index (χ1v) is 4.91. The van der Waals surface area contributed by atoms with Gasteiger partial charge in [-0.2, -0.15) is 0 Å². The van der Waals surface area contributed by atoms with E-state index in [1.54, 1.807) is 0 Å². The van der Waals surface area contributed by atoms with Crippen molar-refractivity contribution in [3.63, 3.8) is 0 Å². The van der Waals surface area contributed by atoms with Crippen LogP contribution < -0.4 is 0 Å². The molecule has 0 bridgehead atoms. The second-order valence-corrected chi connectivity index (χ2v) is 4.27. The van der Waals surface area contributed by atoms with Gasteiger partial charge in [0.1, 0.15) is 0 Å². The molecule has 0 amide bonds. The second-order valence-electron chi connectivity index (χ2n) is 3.09. The second kappa shape index (κ2) is 4.07. The molecule has 0 aromatic carbocycles. The fraction of sp³-hybridized carbons (Fsp3) is 1.00. The maximum Gasteiger partial charge on any atom is 0.0247 e. The van der Waals surface area contributed by atoms with E-state index in [0.717, 1.165) is 11.6 Å². The Hall–Kier alpha value is 0.177. The molecule has 0 aliphatic heterocycles. The van der Waals surface area contributed by atoms with Gasteiger partial charge >= 0.3 is 0 Å². The molecule has 0 N–H and O–H groups in total. The van der Waals surface area contributed by atoms with Gasteiger partial charge in [-0.1, -0.05) is 20.3 Å². The average Bonchev–Trinajstić information content (AvgIpc) is 1.84. The molecular weight excluding hydrogens is 126 g/mol. The minimum atomic E-state index is 0.856. The van der Waals surface area contributed by atoms with Crippen LogP contribution in [-0.2, 0) is 0 Å². The van der Waals surface area contributed by atoms with E-state index in [9.17, 15) is 0 Å². The van der Waals surface area contributed by atoms with Crippen molar-refractivity contribution in [3.8, 4) is 0 Å². The Morgan fingerprint density at radius 3 is 2.00 bits per heavy atom. The Bertz CT molecular complexity index is 73.3. The normalized spacial score (nSPS) is 18.3. The Morgan fingerprint density at radius 2 is 1.89 bits per heavy atom. The van der Waals surface area contributed by atoms with E-state index in [1.165, 1.54) is 16.7 Å². The van der Waals surface area contributed by atoms with Crippen molar-refractivity contribution in [1.29, 1.82) is 0 Å². The first kappa shape index (κ1) is 9.18. The Balaban J connectivity index is 3.58. The van der Waals surface area contributed by atoms with Crippen LogP contribution in [0.2, 0.25) is 0 Å². The molecule has 9 heavy (non-hydrogen) atoms. The largest absolute Gasteiger partial charge is 0.310 e. The molecule has 2 unspecified atom stereocenters. The topological polar surface area (TPSA) is 3.24 Å². The summed E-state index contributed by atoms with van der Waals surface area (Å²) >= 11 is 0. The summed E-state index contributed by atoms with van der Waals surface area (Å²) in [6, 6.07) is 0. The van der Waals surface area contributed by atoms with Crippen LogP contribution in [0.25, 0.3) is 0 Å². The maximum atomic E-state index is 2.33. The number of hydrogen-bond donors (Lipinski definition) is 0. The predicted molar refractivity (Wildman–Crippen MR) is 46.9 cm³/mol. The molecular formula is C7H19NSi. The first-order chi connectivity index (χ1) is 4.09. The minimum absolute atomic E-state index is 0.856. The van der Waals surface area contributed by atoms with Crippen molar-refractivity contribution in [3.05, 3.63) is 0 Å². The molecule has 0 aliphatic carbocycles. The van der Waals surface area contributed by atoms with Gasteiger partial charge in [0.15, 0.2) is 0 Å². The van der Waals surface area contributed by atoms with Crippen LogP contribution in [-0.4, -0.2) is 34.9 Å². The Kier molecular flexibility index (Phi) is 4.15. The van der Waals surface area contributed by atoms with E-state index in [2.05, 4.69) is 32.8 Å². The standard InChI is InChI=1S/C7H19NSi/c1-5-6(2)7(9)8(3)4/h6-7H,5H2,1-4,9H3. The fourth-order valence-electron chi connectivity index (χ4n) is 0.850. The van der Waals surface area contributed by atoms with Gasteiger partial charge in [-0.15, -0.1) is 0 Å². The zero-order chi connectivity index (χ0) is 7.44. The van der Waals surface area contributed by atoms with Crippen molar-refractivity contribution in [1.82, 2.24) is 4.90 Å². The van der Waals surface area contributed by atoms with E-state index in [1.807, 2.05) is 0 Å². The molecule has 2 atom stereocenters. The summed E-state index contributed by atoms with van der Waals surface area (Å²) in [7, 11) is 5.63. The summed E-state index contributed by atoms with van der Waals surface area (Å²) in [6.07, 6.45) is 1.31. The first-order valence-electron chi connectivity index (χ1n) is 3.76. The molecule has 0 saturated carbocycles. The van der Waals surface area contributed by atoms with Crippen LogP contribution in [0.15, 0.2) is 0 Å². The summed E-state index contributed by atoms with van der Waals surface area (Å²) in [5.41, 5.74) is 0.856. The van der Waals surface area contributed by atoms with Gasteiger partial charge in [-0.05, 0) is 25.7 Å². The van der Waals surface area contributed by atoms with Crippen LogP contribution in [0.4, 0.5) is 0 Å². The molecule has 0 heterocycles. The van der Waals surface area contributed by atoms with Crippen LogP contribution in [0, 0.1) is 5.92 Å². The minimum Gasteiger partial charge on any atom is -0.310 e. The summed E-state index contributed by atoms with van der Waals surface area (Å²) in [5, 5.41) is 0. The highest BCUT2D eigenvalue weighted by atomic mass is 28.1. The van der Waals surface area contributed by atoms with Gasteiger partial charge in [-0.25, -0.2) is 0 Å². The van der Waals surface area contributed by atoms with E-state index < -0.39 is 0 Å². The van der Waals surface area contributed by atoms with E-state index in [0.29, 0.717) is 0 Å².